The van der Waals surface area contributed by atoms with Crippen molar-refractivity contribution in [2.75, 3.05) is 6.61 Å². The minimum absolute atomic E-state index is 0.131. The summed E-state index contributed by atoms with van der Waals surface area (Å²) in [5.74, 6) is 0. The van der Waals surface area contributed by atoms with Gasteiger partial charge in [0.1, 0.15) is 6.61 Å². The number of ether oxygens (including phenoxy) is 2. The molecule has 0 spiro atoms. The van der Waals surface area contributed by atoms with E-state index in [0.29, 0.717) is 0 Å². The fourth-order valence-corrected chi connectivity index (χ4v) is 0.634. The molecule has 0 saturated heterocycles. The first-order chi connectivity index (χ1) is 5.31. The van der Waals surface area contributed by atoms with Gasteiger partial charge in [-0.2, -0.15) is 13.2 Å². The van der Waals surface area contributed by atoms with Crippen LogP contribution in [0.15, 0.2) is 0 Å². The minimum Gasteiger partial charge on any atom is -0.350 e. The van der Waals surface area contributed by atoms with Gasteiger partial charge in [-0.05, 0) is 20.8 Å². The SMILES string of the molecule is CC(C)OC(C)OCC(F)(F)F. The second-order valence-corrected chi connectivity index (χ2v) is 2.68. The highest BCUT2D eigenvalue weighted by Crippen LogP contribution is 2.15. The molecule has 1 atom stereocenters. The lowest BCUT2D eigenvalue weighted by molar-refractivity contribution is -0.231. The molecule has 5 heteroatoms. The second-order valence-electron chi connectivity index (χ2n) is 2.68. The van der Waals surface area contributed by atoms with Gasteiger partial charge in [0.25, 0.3) is 0 Å². The van der Waals surface area contributed by atoms with Gasteiger partial charge in [-0.3, -0.25) is 0 Å². The van der Waals surface area contributed by atoms with E-state index in [1.807, 2.05) is 0 Å². The van der Waals surface area contributed by atoms with E-state index in [2.05, 4.69) is 4.74 Å². The molecule has 12 heavy (non-hydrogen) atoms. The van der Waals surface area contributed by atoms with Crippen molar-refractivity contribution in [2.45, 2.75) is 39.3 Å². The molecule has 2 nitrogen and oxygen atoms in total. The summed E-state index contributed by atoms with van der Waals surface area (Å²) >= 11 is 0. The summed E-state index contributed by atoms with van der Waals surface area (Å²) in [6, 6.07) is 0. The smallest absolute Gasteiger partial charge is 0.350 e. The molecule has 0 aromatic heterocycles. The summed E-state index contributed by atoms with van der Waals surface area (Å²) in [7, 11) is 0. The van der Waals surface area contributed by atoms with Crippen LogP contribution in [0.1, 0.15) is 20.8 Å². The van der Waals surface area contributed by atoms with E-state index in [9.17, 15) is 13.2 Å². The van der Waals surface area contributed by atoms with Gasteiger partial charge in [-0.1, -0.05) is 0 Å². The lowest BCUT2D eigenvalue weighted by Crippen LogP contribution is -2.25. The van der Waals surface area contributed by atoms with Crippen molar-refractivity contribution in [2.24, 2.45) is 0 Å². The molecule has 0 bridgehead atoms. The predicted octanol–water partition coefficient (Wildman–Crippen LogP) is 2.34. The number of hydrogen-bond donors (Lipinski definition) is 0. The Morgan fingerprint density at radius 3 is 2.00 bits per heavy atom. The molecule has 0 aromatic rings. The molecular weight excluding hydrogens is 173 g/mol. The minimum atomic E-state index is -4.28. The van der Waals surface area contributed by atoms with E-state index >= 15 is 0 Å². The van der Waals surface area contributed by atoms with Crippen LogP contribution < -0.4 is 0 Å². The lowest BCUT2D eigenvalue weighted by atomic mass is 10.5. The maximum absolute atomic E-state index is 11.6. The third-order valence-corrected chi connectivity index (χ3v) is 0.946. The molecule has 0 heterocycles. The van der Waals surface area contributed by atoms with E-state index in [4.69, 9.17) is 4.74 Å². The Morgan fingerprint density at radius 2 is 1.67 bits per heavy atom. The summed E-state index contributed by atoms with van der Waals surface area (Å²) in [5, 5.41) is 0. The highest BCUT2D eigenvalue weighted by atomic mass is 19.4. The molecule has 0 fully saturated rings. The summed E-state index contributed by atoms with van der Waals surface area (Å²) in [5.41, 5.74) is 0. The molecule has 0 radical (unpaired) electrons. The van der Waals surface area contributed by atoms with Gasteiger partial charge in [0.2, 0.25) is 0 Å². The van der Waals surface area contributed by atoms with Crippen molar-refractivity contribution in [1.29, 1.82) is 0 Å². The molecule has 74 valence electrons. The van der Waals surface area contributed by atoms with Gasteiger partial charge in [0.15, 0.2) is 6.29 Å². The highest BCUT2D eigenvalue weighted by molar-refractivity contribution is 4.47. The second kappa shape index (κ2) is 4.67. The molecule has 0 amide bonds. The Balaban J connectivity index is 3.51. The molecule has 0 saturated carbocycles. The Labute approximate surface area is 69.7 Å². The average molecular weight is 186 g/mol. The van der Waals surface area contributed by atoms with Crippen molar-refractivity contribution in [1.82, 2.24) is 0 Å². The van der Waals surface area contributed by atoms with Crippen LogP contribution >= 0.6 is 0 Å². The number of rotatable bonds is 4. The Kier molecular flexibility index (Phi) is 4.55. The van der Waals surface area contributed by atoms with E-state index in [1.165, 1.54) is 6.92 Å². The summed E-state index contributed by atoms with van der Waals surface area (Å²) < 4.78 is 44.0. The molecule has 0 aliphatic carbocycles. The fraction of sp³-hybridized carbons (Fsp3) is 1.00. The molecule has 0 aliphatic heterocycles. The third-order valence-electron chi connectivity index (χ3n) is 0.946. The molecule has 0 N–H and O–H groups in total. The fourth-order valence-electron chi connectivity index (χ4n) is 0.634. The van der Waals surface area contributed by atoms with E-state index in [-0.39, 0.29) is 6.10 Å². The van der Waals surface area contributed by atoms with Crippen LogP contribution in [-0.4, -0.2) is 25.2 Å². The van der Waals surface area contributed by atoms with Crippen molar-refractivity contribution in [3.05, 3.63) is 0 Å². The van der Waals surface area contributed by atoms with E-state index < -0.39 is 19.1 Å². The largest absolute Gasteiger partial charge is 0.411 e. The van der Waals surface area contributed by atoms with Crippen LogP contribution in [0.3, 0.4) is 0 Å². The normalized spacial score (nSPS) is 15.2. The summed E-state index contributed by atoms with van der Waals surface area (Å²) in [6.07, 6.45) is -5.23. The van der Waals surface area contributed by atoms with Crippen LogP contribution in [0, 0.1) is 0 Å². The quantitative estimate of drug-likeness (QED) is 0.627. The zero-order valence-electron chi connectivity index (χ0n) is 7.31. The molecule has 0 aromatic carbocycles. The summed E-state index contributed by atoms with van der Waals surface area (Å²) in [4.78, 5) is 0. The van der Waals surface area contributed by atoms with Gasteiger partial charge in [0, 0.05) is 0 Å². The van der Waals surface area contributed by atoms with Crippen molar-refractivity contribution >= 4 is 0 Å². The van der Waals surface area contributed by atoms with Crippen LogP contribution in [0.2, 0.25) is 0 Å². The van der Waals surface area contributed by atoms with Crippen LogP contribution in [0.5, 0.6) is 0 Å². The third kappa shape index (κ3) is 7.81. The first-order valence-electron chi connectivity index (χ1n) is 3.65. The van der Waals surface area contributed by atoms with Crippen molar-refractivity contribution in [3.63, 3.8) is 0 Å². The number of alkyl halides is 3. The Bertz CT molecular complexity index is 122. The zero-order valence-corrected chi connectivity index (χ0v) is 7.31. The molecule has 1 unspecified atom stereocenters. The van der Waals surface area contributed by atoms with Crippen LogP contribution in [0.25, 0.3) is 0 Å². The highest BCUT2D eigenvalue weighted by Gasteiger charge is 2.28. The standard InChI is InChI=1S/C7H13F3O2/c1-5(2)12-6(3)11-4-7(8,9)10/h5-6H,4H2,1-3H3. The van der Waals surface area contributed by atoms with Crippen LogP contribution in [-0.2, 0) is 9.47 Å². The average Bonchev–Trinajstić information content (AvgIpc) is 1.80. The maximum atomic E-state index is 11.6. The van der Waals surface area contributed by atoms with Gasteiger partial charge >= 0.3 is 6.18 Å². The zero-order chi connectivity index (χ0) is 9.78. The maximum Gasteiger partial charge on any atom is 0.411 e. The number of hydrogen-bond acceptors (Lipinski definition) is 2. The van der Waals surface area contributed by atoms with Crippen molar-refractivity contribution in [3.8, 4) is 0 Å². The predicted molar refractivity (Wildman–Crippen MR) is 37.7 cm³/mol. The van der Waals surface area contributed by atoms with Gasteiger partial charge < -0.3 is 9.47 Å². The van der Waals surface area contributed by atoms with Gasteiger partial charge in [-0.15, -0.1) is 0 Å². The number of halogens is 3. The molecule has 0 rings (SSSR count). The van der Waals surface area contributed by atoms with Gasteiger partial charge in [0.05, 0.1) is 6.10 Å². The first kappa shape index (κ1) is 11.7. The Morgan fingerprint density at radius 1 is 1.17 bits per heavy atom. The van der Waals surface area contributed by atoms with E-state index in [1.54, 1.807) is 13.8 Å². The van der Waals surface area contributed by atoms with Crippen molar-refractivity contribution < 1.29 is 22.6 Å². The summed E-state index contributed by atoms with van der Waals surface area (Å²) in [6.45, 7) is 3.63. The first-order valence-corrected chi connectivity index (χ1v) is 3.65. The monoisotopic (exact) mass is 186 g/mol. The van der Waals surface area contributed by atoms with Crippen LogP contribution in [0.4, 0.5) is 13.2 Å². The van der Waals surface area contributed by atoms with E-state index in [0.717, 1.165) is 0 Å². The lowest BCUT2D eigenvalue weighted by Gasteiger charge is -2.17. The topological polar surface area (TPSA) is 18.5 Å². The molecular formula is C7H13F3O2. The van der Waals surface area contributed by atoms with Gasteiger partial charge in [-0.25, -0.2) is 0 Å². The molecule has 0 aliphatic rings. The Hall–Kier alpha value is -0.290.